The van der Waals surface area contributed by atoms with Gasteiger partial charge in [-0.15, -0.1) is 0 Å². The molecule has 0 aliphatic carbocycles. The summed E-state index contributed by atoms with van der Waals surface area (Å²) in [6.45, 7) is 5.40. The number of allylic oxidation sites excluding steroid dienone is 2. The second-order valence-electron chi connectivity index (χ2n) is 17.7. The molecule has 2 aromatic carbocycles. The molecule has 0 unspecified atom stereocenters. The molecule has 61 heavy (non-hydrogen) atoms. The van der Waals surface area contributed by atoms with Crippen molar-refractivity contribution in [3.8, 4) is 17.6 Å². The van der Waals surface area contributed by atoms with Crippen LogP contribution in [0.15, 0.2) is 71.8 Å². The maximum Gasteiger partial charge on any atom is 0.303 e. The van der Waals surface area contributed by atoms with Gasteiger partial charge in [0.2, 0.25) is 0 Å². The number of hydrogen-bond donors (Lipinski definition) is 10. The lowest BCUT2D eigenvalue weighted by Gasteiger charge is -2.42. The number of carboxylic acids is 1. The Labute approximate surface area is 364 Å². The number of unbranched alkanes of at least 4 members (excludes halogenated alkanes) is 1. The van der Waals surface area contributed by atoms with Crippen LogP contribution in [0.3, 0.4) is 0 Å². The van der Waals surface area contributed by atoms with Crippen LogP contribution >= 0.6 is 0 Å². The molecule has 2 heterocycles. The molecule has 0 bridgehead atoms. The quantitative estimate of drug-likeness (QED) is 0.0660. The molecule has 4 rings (SSSR count). The lowest BCUT2D eigenvalue weighted by Crippen LogP contribution is -2.56. The van der Waals surface area contributed by atoms with Crippen molar-refractivity contribution in [3.05, 3.63) is 88.5 Å². The molecule has 2 aliphatic heterocycles. The molecule has 10 N–H and O–H groups in total. The van der Waals surface area contributed by atoms with Crippen LogP contribution in [-0.2, 0) is 11.2 Å². The normalized spacial score (nSPS) is 25.7. The number of rotatable bonds is 21. The Morgan fingerprint density at radius 1 is 0.967 bits per heavy atom. The lowest BCUT2D eigenvalue weighted by molar-refractivity contribution is -0.138. The predicted octanol–water partition coefficient (Wildman–Crippen LogP) is 6.01. The Balaban J connectivity index is 1.90. The smallest absolute Gasteiger partial charge is 0.303 e. The molecule has 11 nitrogen and oxygen atoms in total. The molecular formula is C50H74N2O9. The highest BCUT2D eigenvalue weighted by Gasteiger charge is 2.42. The van der Waals surface area contributed by atoms with E-state index in [1.54, 1.807) is 37.3 Å². The third-order valence-electron chi connectivity index (χ3n) is 12.9. The molecule has 338 valence electrons. The largest absolute Gasteiger partial charge is 0.508 e. The number of aliphatic hydroxyl groups excluding tert-OH is 5. The van der Waals surface area contributed by atoms with Gasteiger partial charge in [0.1, 0.15) is 5.75 Å². The summed E-state index contributed by atoms with van der Waals surface area (Å²) in [6, 6.07) is 13.8. The number of aromatic hydroxyl groups is 1. The van der Waals surface area contributed by atoms with Crippen LogP contribution in [0.1, 0.15) is 140 Å². The molecule has 0 radical (unpaired) electrons. The molecule has 1 fully saturated rings. The van der Waals surface area contributed by atoms with Crippen molar-refractivity contribution in [1.82, 2.24) is 10.6 Å². The summed E-state index contributed by atoms with van der Waals surface area (Å²) in [7, 11) is 0. The Morgan fingerprint density at radius 3 is 2.43 bits per heavy atom. The summed E-state index contributed by atoms with van der Waals surface area (Å²) in [5.74, 6) is 5.55. The molecule has 10 atom stereocenters. The number of aryl methyl sites for hydroxylation is 1. The molecular weight excluding hydrogens is 773 g/mol. The van der Waals surface area contributed by atoms with E-state index in [1.807, 2.05) is 37.3 Å². The highest BCUT2D eigenvalue weighted by atomic mass is 16.4. The number of carboxylic acid groups (broad SMARTS) is 1. The second kappa shape index (κ2) is 25.5. The molecule has 2 aliphatic rings. The Hall–Kier alpha value is -3.57. The minimum absolute atomic E-state index is 0.0203. The molecule has 0 saturated carbocycles. The molecule has 0 aromatic heterocycles. The van der Waals surface area contributed by atoms with Crippen molar-refractivity contribution in [2.24, 2.45) is 5.92 Å². The average Bonchev–Trinajstić information content (AvgIpc) is 3.40. The topological polar surface area (TPSA) is 203 Å². The minimum Gasteiger partial charge on any atom is -0.508 e. The summed E-state index contributed by atoms with van der Waals surface area (Å²) in [4.78, 5) is 12.0. The zero-order valence-electron chi connectivity index (χ0n) is 36.7. The predicted molar refractivity (Wildman–Crippen MR) is 240 cm³/mol. The fraction of sp³-hybridized carbons (Fsp3) is 0.620. The standard InChI is InChI=1S/C50H74N2O9/c1-4-5-20-46(57)47(58)29-26-37-23-22-36-14-7-6-13-35(36)15-9-21-48(50(3,61)43(17-11-30-53)38-24-27-40(55)28-25-38)52-45(42(37)32-41(56)33-54)19-10-18-44-39(31-49(59)60)16-8-12-34(2)51-44/h6-7,13-14,24-29,34,39,41,43-48,51-58,61H,4-5,8,10-12,16-23,30-33H2,1-3H3,(H,59,60)/b29-26+,42-37+/t34-,39+,41-,43+,44-,45-,46-,47+,48+,50-/m0/s1. The number of carbonyl (C=O) groups is 1. The van der Waals surface area contributed by atoms with Crippen molar-refractivity contribution in [1.29, 1.82) is 0 Å². The molecule has 0 amide bonds. The van der Waals surface area contributed by atoms with Gasteiger partial charge < -0.3 is 51.5 Å². The summed E-state index contributed by atoms with van der Waals surface area (Å²) in [6.07, 6.45) is 9.37. The number of fused-ring (bicyclic) bond motifs is 1. The Morgan fingerprint density at radius 2 is 1.72 bits per heavy atom. The van der Waals surface area contributed by atoms with Crippen LogP contribution in [0, 0.1) is 17.8 Å². The van der Waals surface area contributed by atoms with E-state index >= 15 is 0 Å². The first kappa shape index (κ1) is 50.1. The van der Waals surface area contributed by atoms with Gasteiger partial charge in [-0.25, -0.2) is 0 Å². The van der Waals surface area contributed by atoms with Gasteiger partial charge in [0.25, 0.3) is 0 Å². The van der Waals surface area contributed by atoms with Crippen LogP contribution in [-0.4, -0.2) is 108 Å². The first-order chi connectivity index (χ1) is 29.3. The summed E-state index contributed by atoms with van der Waals surface area (Å²) in [5.41, 5.74) is 2.83. The highest BCUT2D eigenvalue weighted by Crippen LogP contribution is 2.38. The van der Waals surface area contributed by atoms with Crippen molar-refractivity contribution in [2.75, 3.05) is 13.2 Å². The van der Waals surface area contributed by atoms with Crippen LogP contribution in [0.2, 0.25) is 0 Å². The third kappa shape index (κ3) is 15.6. The minimum atomic E-state index is -1.47. The molecule has 1 saturated heterocycles. The van der Waals surface area contributed by atoms with Gasteiger partial charge in [-0.05, 0) is 124 Å². The van der Waals surface area contributed by atoms with Gasteiger partial charge in [0.15, 0.2) is 0 Å². The fourth-order valence-corrected chi connectivity index (χ4v) is 9.35. The number of aliphatic hydroxyl groups is 6. The van der Waals surface area contributed by atoms with Crippen molar-refractivity contribution in [3.63, 3.8) is 0 Å². The summed E-state index contributed by atoms with van der Waals surface area (Å²) >= 11 is 0. The number of aliphatic carboxylic acids is 1. The van der Waals surface area contributed by atoms with E-state index in [-0.39, 0.29) is 49.6 Å². The first-order valence-electron chi connectivity index (χ1n) is 22.7. The van der Waals surface area contributed by atoms with Crippen molar-refractivity contribution in [2.45, 2.75) is 178 Å². The van der Waals surface area contributed by atoms with E-state index in [1.165, 1.54) is 0 Å². The average molecular weight is 847 g/mol. The first-order valence-corrected chi connectivity index (χ1v) is 22.7. The van der Waals surface area contributed by atoms with Gasteiger partial charge in [0, 0.05) is 55.1 Å². The molecule has 0 spiro atoms. The zero-order chi connectivity index (χ0) is 44.4. The highest BCUT2D eigenvalue weighted by molar-refractivity contribution is 5.67. The van der Waals surface area contributed by atoms with Crippen molar-refractivity contribution >= 4 is 5.97 Å². The van der Waals surface area contributed by atoms with Crippen LogP contribution in [0.5, 0.6) is 5.75 Å². The van der Waals surface area contributed by atoms with E-state index in [0.29, 0.717) is 51.4 Å². The van der Waals surface area contributed by atoms with Gasteiger partial charge in [-0.2, -0.15) is 0 Å². The summed E-state index contributed by atoms with van der Waals surface area (Å²) < 4.78 is 0. The van der Waals surface area contributed by atoms with Crippen molar-refractivity contribution < 1.29 is 45.6 Å². The molecule has 2 aromatic rings. The number of benzene rings is 2. The van der Waals surface area contributed by atoms with E-state index in [4.69, 9.17) is 0 Å². The zero-order valence-corrected chi connectivity index (χ0v) is 36.7. The SMILES string of the molecule is CCCC[C@H](O)[C@H](O)/C=C/C1=C(\C[C@H](O)CO)[C@H](CCC[C@@H]2N[C@@H](C)CCC[C@@H]2CC(=O)O)N[C@@H]([C@@](C)(O)[C@H](CCCO)c2ccc(O)cc2)CC#Cc2ccccc2CC1. The fourth-order valence-electron chi connectivity index (χ4n) is 9.35. The number of nitrogens with one attached hydrogen (secondary N) is 2. The van der Waals surface area contributed by atoms with Gasteiger partial charge >= 0.3 is 5.97 Å². The lowest BCUT2D eigenvalue weighted by atomic mass is 9.74. The second-order valence-corrected chi connectivity index (χ2v) is 17.7. The number of hydrogen-bond acceptors (Lipinski definition) is 10. The van der Waals surface area contributed by atoms with Gasteiger partial charge in [-0.3, -0.25) is 4.79 Å². The van der Waals surface area contributed by atoms with Gasteiger partial charge in [0.05, 0.1) is 30.5 Å². The van der Waals surface area contributed by atoms with E-state index in [9.17, 15) is 45.6 Å². The number of phenols is 1. The van der Waals surface area contributed by atoms with E-state index < -0.39 is 54.5 Å². The van der Waals surface area contributed by atoms with Crippen LogP contribution in [0.4, 0.5) is 0 Å². The number of phenolic OH excluding ortho intramolecular Hbond substituents is 1. The third-order valence-corrected chi connectivity index (χ3v) is 12.9. The Bertz CT molecular complexity index is 1750. The van der Waals surface area contributed by atoms with E-state index in [0.717, 1.165) is 59.9 Å². The van der Waals surface area contributed by atoms with E-state index in [2.05, 4.69) is 29.4 Å². The van der Waals surface area contributed by atoms with Crippen LogP contribution < -0.4 is 10.6 Å². The maximum atomic E-state index is 12.9. The van der Waals surface area contributed by atoms with Gasteiger partial charge in [-0.1, -0.05) is 86.9 Å². The maximum absolute atomic E-state index is 12.9. The van der Waals surface area contributed by atoms with Crippen LogP contribution in [0.25, 0.3) is 0 Å². The summed E-state index contributed by atoms with van der Waals surface area (Å²) in [5, 5.41) is 94.0. The monoisotopic (exact) mass is 847 g/mol. The molecule has 11 heteroatoms. The Kier molecular flexibility index (Phi) is 20.9.